The zero-order valence-corrected chi connectivity index (χ0v) is 8.35. The van der Waals surface area contributed by atoms with E-state index >= 15 is 0 Å². The van der Waals surface area contributed by atoms with Crippen molar-refractivity contribution in [2.75, 3.05) is 0 Å². The highest BCUT2D eigenvalue weighted by molar-refractivity contribution is 7.90. The minimum atomic E-state index is -3.92. The number of sulfonamides is 1. The van der Waals surface area contributed by atoms with Crippen LogP contribution in [0.2, 0.25) is 0 Å². The third-order valence-electron chi connectivity index (χ3n) is 1.65. The molecule has 0 aliphatic carbocycles. The zero-order valence-electron chi connectivity index (χ0n) is 7.53. The molecule has 15 heavy (non-hydrogen) atoms. The van der Waals surface area contributed by atoms with Gasteiger partial charge in [0, 0.05) is 9.43 Å². The van der Waals surface area contributed by atoms with Gasteiger partial charge in [0.1, 0.15) is 0 Å². The molecule has 0 radical (unpaired) electrons. The number of nitriles is 1. The molecule has 1 rings (SSSR count). The lowest BCUT2D eigenvalue weighted by Crippen LogP contribution is -1.95. The Morgan fingerprint density at radius 3 is 2.47 bits per heavy atom. The topological polar surface area (TPSA) is 107 Å². The molecular weight excluding hydrogens is 216 g/mol. The van der Waals surface area contributed by atoms with E-state index < -0.39 is 10.0 Å². The highest BCUT2D eigenvalue weighted by atomic mass is 32.2. The summed E-state index contributed by atoms with van der Waals surface area (Å²) < 4.78 is 25.1. The number of nitrogens with zero attached hydrogens (tertiary/aromatic N) is 4. The van der Waals surface area contributed by atoms with Crippen molar-refractivity contribution in [1.82, 2.24) is 0 Å². The molecule has 0 spiro atoms. The predicted molar refractivity (Wildman–Crippen MR) is 52.1 cm³/mol. The second-order valence-corrected chi connectivity index (χ2v) is 4.21. The van der Waals surface area contributed by atoms with E-state index in [0.717, 1.165) is 0 Å². The second-order valence-electron chi connectivity index (χ2n) is 2.62. The molecule has 0 aromatic heterocycles. The molecular formula is C8H6N4O2S. The largest absolute Gasteiger partial charge is 0.264 e. The van der Waals surface area contributed by atoms with E-state index in [1.165, 1.54) is 24.3 Å². The summed E-state index contributed by atoms with van der Waals surface area (Å²) >= 11 is 0. The SMILES string of the molecule is N#CCc1ccc(S(=O)(=O)N=[N+]=[N-])cc1. The predicted octanol–water partition coefficient (Wildman–Crippen LogP) is 1.75. The molecule has 76 valence electrons. The Morgan fingerprint density at radius 2 is 2.00 bits per heavy atom. The average Bonchev–Trinajstić information content (AvgIpc) is 2.19. The third kappa shape index (κ3) is 2.71. The van der Waals surface area contributed by atoms with Gasteiger partial charge in [-0.25, -0.2) is 8.42 Å². The van der Waals surface area contributed by atoms with E-state index in [0.29, 0.717) is 5.56 Å². The maximum atomic E-state index is 11.2. The van der Waals surface area contributed by atoms with Gasteiger partial charge in [0.05, 0.1) is 17.4 Å². The Morgan fingerprint density at radius 1 is 1.40 bits per heavy atom. The quantitative estimate of drug-likeness (QED) is 0.441. The monoisotopic (exact) mass is 222 g/mol. The first-order valence-electron chi connectivity index (χ1n) is 3.87. The van der Waals surface area contributed by atoms with E-state index in [1.54, 1.807) is 0 Å². The van der Waals surface area contributed by atoms with Crippen LogP contribution in [0.5, 0.6) is 0 Å². The number of hydrogen-bond acceptors (Lipinski definition) is 3. The summed E-state index contributed by atoms with van der Waals surface area (Å²) in [6.07, 6.45) is 0.210. The van der Waals surface area contributed by atoms with Crippen molar-refractivity contribution >= 4 is 10.0 Å². The van der Waals surface area contributed by atoms with Crippen LogP contribution < -0.4 is 0 Å². The Balaban J connectivity index is 3.10. The van der Waals surface area contributed by atoms with Gasteiger partial charge in [0.25, 0.3) is 10.0 Å². The molecule has 1 aromatic carbocycles. The maximum absolute atomic E-state index is 11.2. The van der Waals surface area contributed by atoms with Gasteiger partial charge in [-0.1, -0.05) is 12.1 Å². The van der Waals surface area contributed by atoms with Gasteiger partial charge >= 0.3 is 0 Å². The molecule has 0 heterocycles. The molecule has 0 fully saturated rings. The Kier molecular flexibility index (Phi) is 3.29. The number of rotatable bonds is 3. The molecule has 7 heteroatoms. The Hall–Kier alpha value is -2.03. The van der Waals surface area contributed by atoms with Gasteiger partial charge in [0.15, 0.2) is 0 Å². The van der Waals surface area contributed by atoms with Crippen molar-refractivity contribution in [2.24, 2.45) is 4.52 Å². The van der Waals surface area contributed by atoms with E-state index in [9.17, 15) is 8.42 Å². The van der Waals surface area contributed by atoms with E-state index in [4.69, 9.17) is 10.8 Å². The highest BCUT2D eigenvalue weighted by Gasteiger charge is 2.10. The summed E-state index contributed by atoms with van der Waals surface area (Å²) in [6.45, 7) is 0. The number of hydrogen-bond donors (Lipinski definition) is 0. The molecule has 0 amide bonds. The Bertz CT molecular complexity index is 535. The summed E-state index contributed by atoms with van der Waals surface area (Å²) in [5.41, 5.74) is 8.74. The van der Waals surface area contributed by atoms with Gasteiger partial charge in [0.2, 0.25) is 0 Å². The minimum absolute atomic E-state index is 0.0815. The van der Waals surface area contributed by atoms with Crippen LogP contribution in [0, 0.1) is 11.3 Å². The van der Waals surface area contributed by atoms with E-state index in [-0.39, 0.29) is 11.3 Å². The normalized spacial score (nSPS) is 10.1. The van der Waals surface area contributed by atoms with Crippen LogP contribution in [0.1, 0.15) is 5.56 Å². The smallest absolute Gasteiger partial charge is 0.216 e. The van der Waals surface area contributed by atoms with Crippen molar-refractivity contribution in [3.63, 3.8) is 0 Å². The fourth-order valence-electron chi connectivity index (χ4n) is 0.966. The fraction of sp³-hybridized carbons (Fsp3) is 0.125. The van der Waals surface area contributed by atoms with Crippen LogP contribution in [0.3, 0.4) is 0 Å². The molecule has 0 N–H and O–H groups in total. The lowest BCUT2D eigenvalue weighted by Gasteiger charge is -1.98. The molecule has 0 unspecified atom stereocenters. The first-order chi connectivity index (χ1) is 7.10. The van der Waals surface area contributed by atoms with E-state index in [1.807, 2.05) is 6.07 Å². The zero-order chi connectivity index (χ0) is 11.3. The summed E-state index contributed by atoms with van der Waals surface area (Å²) in [7, 11) is -3.92. The number of benzene rings is 1. The molecule has 0 saturated carbocycles. The Labute approximate surface area is 86.4 Å². The van der Waals surface area contributed by atoms with Crippen molar-refractivity contribution in [3.05, 3.63) is 40.3 Å². The van der Waals surface area contributed by atoms with Crippen molar-refractivity contribution < 1.29 is 8.42 Å². The van der Waals surface area contributed by atoms with Gasteiger partial charge < -0.3 is 0 Å². The molecule has 0 atom stereocenters. The second kappa shape index (κ2) is 4.46. The fourth-order valence-corrected chi connectivity index (χ4v) is 1.64. The molecule has 6 nitrogen and oxygen atoms in total. The first kappa shape index (κ1) is 11.0. The summed E-state index contributed by atoms with van der Waals surface area (Å²) in [4.78, 5) is 2.15. The van der Waals surface area contributed by atoms with Crippen molar-refractivity contribution in [2.45, 2.75) is 11.3 Å². The molecule has 0 aliphatic rings. The van der Waals surface area contributed by atoms with Crippen LogP contribution >= 0.6 is 0 Å². The molecule has 0 saturated heterocycles. The summed E-state index contributed by atoms with van der Waals surface area (Å²) in [5, 5.41) is 8.40. The molecule has 0 aliphatic heterocycles. The number of azide groups is 1. The van der Waals surface area contributed by atoms with Crippen LogP contribution in [-0.4, -0.2) is 8.42 Å². The van der Waals surface area contributed by atoms with Crippen LogP contribution in [0.15, 0.2) is 33.7 Å². The summed E-state index contributed by atoms with van der Waals surface area (Å²) in [5.74, 6) is 0. The van der Waals surface area contributed by atoms with Crippen LogP contribution in [0.25, 0.3) is 10.4 Å². The summed E-state index contributed by atoms with van der Waals surface area (Å²) in [6, 6.07) is 7.55. The van der Waals surface area contributed by atoms with Gasteiger partial charge in [-0.05, 0) is 23.2 Å². The standard InChI is InChI=1S/C8H6N4O2S/c9-6-5-7-1-3-8(4-2-7)15(13,14)12-11-10/h1-4H,5H2. The van der Waals surface area contributed by atoms with Crippen LogP contribution in [0.4, 0.5) is 0 Å². The lowest BCUT2D eigenvalue weighted by molar-refractivity contribution is 0.597. The van der Waals surface area contributed by atoms with Crippen molar-refractivity contribution in [1.29, 1.82) is 5.26 Å². The van der Waals surface area contributed by atoms with Gasteiger partial charge in [-0.3, -0.25) is 0 Å². The highest BCUT2D eigenvalue weighted by Crippen LogP contribution is 2.13. The average molecular weight is 222 g/mol. The molecule has 0 bridgehead atoms. The molecule has 1 aromatic rings. The van der Waals surface area contributed by atoms with Gasteiger partial charge in [-0.15, -0.1) is 0 Å². The minimum Gasteiger partial charge on any atom is -0.216 e. The van der Waals surface area contributed by atoms with E-state index in [2.05, 4.69) is 9.43 Å². The maximum Gasteiger partial charge on any atom is 0.264 e. The van der Waals surface area contributed by atoms with Crippen molar-refractivity contribution in [3.8, 4) is 6.07 Å². The first-order valence-corrected chi connectivity index (χ1v) is 5.31. The lowest BCUT2D eigenvalue weighted by atomic mass is 10.2. The van der Waals surface area contributed by atoms with Crippen LogP contribution in [-0.2, 0) is 16.4 Å². The van der Waals surface area contributed by atoms with Gasteiger partial charge in [-0.2, -0.15) is 5.26 Å². The third-order valence-corrected chi connectivity index (χ3v) is 2.80.